The van der Waals surface area contributed by atoms with E-state index < -0.39 is 5.97 Å². The van der Waals surface area contributed by atoms with Gasteiger partial charge in [-0.1, -0.05) is 19.9 Å². The third kappa shape index (κ3) is 2.08. The molecule has 0 aliphatic rings. The van der Waals surface area contributed by atoms with E-state index in [4.69, 9.17) is 5.11 Å². The van der Waals surface area contributed by atoms with Gasteiger partial charge in [0.25, 0.3) is 0 Å². The molecule has 0 aliphatic carbocycles. The normalized spacial score (nSPS) is 10.6. The van der Waals surface area contributed by atoms with Crippen LogP contribution in [0.25, 0.3) is 0 Å². The maximum atomic E-state index is 10.9. The number of rotatable bonds is 2. The zero-order valence-electron chi connectivity index (χ0n) is 8.47. The zero-order chi connectivity index (χ0) is 10.9. The Labute approximate surface area is 97.5 Å². The molecule has 0 spiro atoms. The van der Waals surface area contributed by atoms with Crippen molar-refractivity contribution < 1.29 is 9.90 Å². The number of carbonyl (C=O) groups is 1. The number of hydrogen-bond donors (Lipinski definition) is 1. The van der Waals surface area contributed by atoms with Crippen LogP contribution in [0.5, 0.6) is 0 Å². The van der Waals surface area contributed by atoms with E-state index in [1.165, 1.54) is 5.56 Å². The van der Waals surface area contributed by atoms with Gasteiger partial charge in [-0.25, -0.2) is 4.79 Å². The Hall–Kier alpha value is -0.580. The van der Waals surface area contributed by atoms with Crippen molar-refractivity contribution in [3.05, 3.63) is 32.4 Å². The summed E-state index contributed by atoms with van der Waals surface area (Å²) < 4.78 is 1.07. The summed E-state index contributed by atoms with van der Waals surface area (Å²) >= 11 is 2.22. The molecule has 3 heteroatoms. The molecule has 0 radical (unpaired) electrons. The first kappa shape index (κ1) is 11.5. The van der Waals surface area contributed by atoms with Crippen LogP contribution in [0.2, 0.25) is 0 Å². The smallest absolute Gasteiger partial charge is 0.335 e. The van der Waals surface area contributed by atoms with Crippen molar-refractivity contribution in [3.63, 3.8) is 0 Å². The maximum Gasteiger partial charge on any atom is 0.335 e. The van der Waals surface area contributed by atoms with E-state index in [2.05, 4.69) is 36.4 Å². The summed E-state index contributed by atoms with van der Waals surface area (Å²) in [7, 11) is 0. The van der Waals surface area contributed by atoms with E-state index in [-0.39, 0.29) is 0 Å². The van der Waals surface area contributed by atoms with Crippen LogP contribution < -0.4 is 0 Å². The highest BCUT2D eigenvalue weighted by Gasteiger charge is 2.13. The Morgan fingerprint density at radius 1 is 1.43 bits per heavy atom. The molecule has 0 unspecified atom stereocenters. The molecule has 1 rings (SSSR count). The maximum absolute atomic E-state index is 10.9. The van der Waals surface area contributed by atoms with E-state index in [1.54, 1.807) is 6.07 Å². The number of benzene rings is 1. The second kappa shape index (κ2) is 4.29. The molecule has 0 bridgehead atoms. The van der Waals surface area contributed by atoms with Gasteiger partial charge < -0.3 is 5.11 Å². The van der Waals surface area contributed by atoms with Crippen molar-refractivity contribution in [2.24, 2.45) is 0 Å². The molecule has 0 heterocycles. The number of halogens is 1. The molecule has 0 amide bonds. The van der Waals surface area contributed by atoms with Gasteiger partial charge in [0, 0.05) is 3.57 Å². The summed E-state index contributed by atoms with van der Waals surface area (Å²) in [5, 5.41) is 8.92. The molecule has 0 aliphatic heterocycles. The van der Waals surface area contributed by atoms with Crippen LogP contribution in [-0.2, 0) is 0 Å². The van der Waals surface area contributed by atoms with Crippen LogP contribution in [0.15, 0.2) is 12.1 Å². The van der Waals surface area contributed by atoms with Gasteiger partial charge in [0.2, 0.25) is 0 Å². The van der Waals surface area contributed by atoms with Gasteiger partial charge in [0.1, 0.15) is 0 Å². The second-order valence-corrected chi connectivity index (χ2v) is 4.68. The van der Waals surface area contributed by atoms with Gasteiger partial charge in [0.05, 0.1) is 5.56 Å². The fourth-order valence-electron chi connectivity index (χ4n) is 1.38. The van der Waals surface area contributed by atoms with E-state index in [0.717, 1.165) is 9.13 Å². The molecule has 1 N–H and O–H groups in total. The highest BCUT2D eigenvalue weighted by atomic mass is 127. The molecule has 0 saturated carbocycles. The van der Waals surface area contributed by atoms with Gasteiger partial charge in [-0.15, -0.1) is 0 Å². The molecule has 1 aromatic rings. The number of aromatic carboxylic acids is 1. The Morgan fingerprint density at radius 3 is 2.43 bits per heavy atom. The first-order valence-electron chi connectivity index (χ1n) is 4.47. The summed E-state index contributed by atoms with van der Waals surface area (Å²) in [5.74, 6) is -0.417. The summed E-state index contributed by atoms with van der Waals surface area (Å²) in [6, 6.07) is 3.60. The van der Waals surface area contributed by atoms with Crippen LogP contribution in [0.3, 0.4) is 0 Å². The fraction of sp³-hybridized carbons (Fsp3) is 0.364. The van der Waals surface area contributed by atoms with Gasteiger partial charge in [-0.3, -0.25) is 0 Å². The zero-order valence-corrected chi connectivity index (χ0v) is 10.6. The predicted molar refractivity (Wildman–Crippen MR) is 64.9 cm³/mol. The Bertz CT molecular complexity index is 370. The van der Waals surface area contributed by atoms with Crippen LogP contribution in [0.1, 0.15) is 41.3 Å². The quantitative estimate of drug-likeness (QED) is 0.850. The molecule has 14 heavy (non-hydrogen) atoms. The van der Waals surface area contributed by atoms with E-state index in [9.17, 15) is 4.79 Å². The number of carboxylic acids is 1. The SMILES string of the molecule is Cc1c(C(=O)O)ccc(C(C)C)c1I. The van der Waals surface area contributed by atoms with E-state index in [1.807, 2.05) is 13.0 Å². The van der Waals surface area contributed by atoms with Crippen molar-refractivity contribution in [2.45, 2.75) is 26.7 Å². The van der Waals surface area contributed by atoms with Crippen molar-refractivity contribution in [1.82, 2.24) is 0 Å². The average Bonchev–Trinajstić information content (AvgIpc) is 2.08. The highest BCUT2D eigenvalue weighted by molar-refractivity contribution is 14.1. The number of carboxylic acid groups (broad SMARTS) is 1. The molecular weight excluding hydrogens is 291 g/mol. The predicted octanol–water partition coefficient (Wildman–Crippen LogP) is 3.42. The van der Waals surface area contributed by atoms with Crippen molar-refractivity contribution in [1.29, 1.82) is 0 Å². The fourth-order valence-corrected chi connectivity index (χ4v) is 2.48. The first-order valence-corrected chi connectivity index (χ1v) is 5.55. The summed E-state index contributed by atoms with van der Waals surface area (Å²) in [4.78, 5) is 10.9. The number of hydrogen-bond acceptors (Lipinski definition) is 1. The third-order valence-corrected chi connectivity index (χ3v) is 3.70. The first-order chi connectivity index (χ1) is 6.45. The van der Waals surface area contributed by atoms with Crippen LogP contribution in [0.4, 0.5) is 0 Å². The average molecular weight is 304 g/mol. The Morgan fingerprint density at radius 2 is 2.00 bits per heavy atom. The van der Waals surface area contributed by atoms with Gasteiger partial charge in [-0.05, 0) is 52.6 Å². The molecule has 0 saturated heterocycles. The van der Waals surface area contributed by atoms with Gasteiger partial charge >= 0.3 is 5.97 Å². The van der Waals surface area contributed by atoms with Crippen molar-refractivity contribution in [2.75, 3.05) is 0 Å². The van der Waals surface area contributed by atoms with E-state index >= 15 is 0 Å². The van der Waals surface area contributed by atoms with Crippen LogP contribution >= 0.6 is 22.6 Å². The standard InChI is InChI=1S/C11H13IO2/c1-6(2)8-4-5-9(11(13)14)7(3)10(8)12/h4-6H,1-3H3,(H,13,14). The minimum Gasteiger partial charge on any atom is -0.478 e. The van der Waals surface area contributed by atoms with Crippen molar-refractivity contribution in [3.8, 4) is 0 Å². The van der Waals surface area contributed by atoms with Gasteiger partial charge in [-0.2, -0.15) is 0 Å². The van der Waals surface area contributed by atoms with Crippen LogP contribution in [0, 0.1) is 10.5 Å². The third-order valence-electron chi connectivity index (χ3n) is 2.27. The van der Waals surface area contributed by atoms with Gasteiger partial charge in [0.15, 0.2) is 0 Å². The molecule has 2 nitrogen and oxygen atoms in total. The molecule has 76 valence electrons. The lowest BCUT2D eigenvalue weighted by molar-refractivity contribution is 0.0696. The lowest BCUT2D eigenvalue weighted by Crippen LogP contribution is -2.04. The van der Waals surface area contributed by atoms with E-state index in [0.29, 0.717) is 11.5 Å². The second-order valence-electron chi connectivity index (χ2n) is 3.60. The summed E-state index contributed by atoms with van der Waals surface area (Å²) in [6.45, 7) is 6.08. The highest BCUT2D eigenvalue weighted by Crippen LogP contribution is 2.26. The minimum absolute atomic E-state index is 0.402. The molecule has 0 atom stereocenters. The topological polar surface area (TPSA) is 37.3 Å². The molecule has 0 aromatic heterocycles. The monoisotopic (exact) mass is 304 g/mol. The lowest BCUT2D eigenvalue weighted by atomic mass is 9.98. The van der Waals surface area contributed by atoms with Crippen LogP contribution in [-0.4, -0.2) is 11.1 Å². The summed E-state index contributed by atoms with van der Waals surface area (Å²) in [5.41, 5.74) is 2.48. The Kier molecular flexibility index (Phi) is 3.53. The lowest BCUT2D eigenvalue weighted by Gasteiger charge is -2.12. The van der Waals surface area contributed by atoms with Crippen molar-refractivity contribution >= 4 is 28.6 Å². The molecule has 0 fully saturated rings. The molecular formula is C11H13IO2. The molecule has 1 aromatic carbocycles. The Balaban J connectivity index is 3.33. The summed E-state index contributed by atoms with van der Waals surface area (Å²) in [6.07, 6.45) is 0. The largest absolute Gasteiger partial charge is 0.478 e. The minimum atomic E-state index is -0.851.